The maximum Gasteiger partial charge on any atom is 0.307 e. The first-order valence-electron chi connectivity index (χ1n) is 13.2. The Bertz CT molecular complexity index is 761. The number of allylic oxidation sites excluding steroid dienone is 3. The average molecular weight is 458 g/mol. The van der Waals surface area contributed by atoms with Crippen LogP contribution in [0.25, 0.3) is 0 Å². The number of carbonyl (C=O) groups excluding carboxylic acids is 2. The average Bonchev–Trinajstić information content (AvgIpc) is 3.23. The number of carbonyl (C=O) groups is 2. The van der Waals surface area contributed by atoms with Crippen molar-refractivity contribution in [2.75, 3.05) is 45.9 Å². The van der Waals surface area contributed by atoms with E-state index in [1.54, 1.807) is 0 Å². The quantitative estimate of drug-likeness (QED) is 0.568. The van der Waals surface area contributed by atoms with E-state index in [4.69, 9.17) is 4.74 Å². The highest BCUT2D eigenvalue weighted by Gasteiger charge is 2.42. The monoisotopic (exact) mass is 457 g/mol. The predicted octanol–water partition coefficient (Wildman–Crippen LogP) is 3.83. The van der Waals surface area contributed by atoms with Crippen LogP contribution < -0.4 is 0 Å². The number of hydrogen-bond acceptors (Lipinski definition) is 5. The second-order valence-electron chi connectivity index (χ2n) is 10.9. The van der Waals surface area contributed by atoms with Crippen LogP contribution in [0.3, 0.4) is 0 Å². The van der Waals surface area contributed by atoms with E-state index in [0.717, 1.165) is 71.4 Å². The van der Waals surface area contributed by atoms with E-state index < -0.39 is 0 Å². The summed E-state index contributed by atoms with van der Waals surface area (Å²) in [6.07, 6.45) is 14.0. The molecule has 4 aliphatic rings. The van der Waals surface area contributed by atoms with E-state index in [2.05, 4.69) is 46.8 Å². The molecule has 0 aromatic carbocycles. The fourth-order valence-electron chi connectivity index (χ4n) is 6.23. The molecule has 184 valence electrons. The lowest BCUT2D eigenvalue weighted by molar-refractivity contribution is -0.145. The van der Waals surface area contributed by atoms with Crippen LogP contribution in [0, 0.1) is 17.3 Å². The van der Waals surface area contributed by atoms with Crippen molar-refractivity contribution in [3.8, 4) is 0 Å². The highest BCUT2D eigenvalue weighted by Crippen LogP contribution is 2.42. The molecule has 1 spiro atoms. The van der Waals surface area contributed by atoms with Gasteiger partial charge in [-0.25, -0.2) is 0 Å². The first-order valence-corrected chi connectivity index (χ1v) is 13.2. The largest absolute Gasteiger partial charge is 0.466 e. The number of amides is 1. The number of hydrogen-bond donors (Lipinski definition) is 0. The van der Waals surface area contributed by atoms with Crippen LogP contribution in [-0.4, -0.2) is 78.5 Å². The zero-order valence-electron chi connectivity index (χ0n) is 20.9. The topological polar surface area (TPSA) is 53.1 Å². The summed E-state index contributed by atoms with van der Waals surface area (Å²) in [5.74, 6) is 1.02. The fourth-order valence-corrected chi connectivity index (χ4v) is 6.23. The number of ether oxygens (including phenoxy) is 1. The summed E-state index contributed by atoms with van der Waals surface area (Å²) < 4.78 is 5.09. The van der Waals surface area contributed by atoms with Crippen LogP contribution in [0.1, 0.15) is 65.7 Å². The lowest BCUT2D eigenvalue weighted by Crippen LogP contribution is -2.49. The molecule has 1 amide bonds. The summed E-state index contributed by atoms with van der Waals surface area (Å²) in [6, 6.07) is 0.178. The molecule has 3 fully saturated rings. The van der Waals surface area contributed by atoms with Gasteiger partial charge in [0.05, 0.1) is 13.0 Å². The minimum atomic E-state index is -0.124. The molecular formula is C27H43N3O3. The molecule has 2 unspecified atom stereocenters. The van der Waals surface area contributed by atoms with Gasteiger partial charge in [-0.05, 0) is 82.9 Å². The predicted molar refractivity (Wildman–Crippen MR) is 130 cm³/mol. The fraction of sp³-hybridized carbons (Fsp3) is 0.778. The molecule has 0 radical (unpaired) electrons. The second kappa shape index (κ2) is 10.6. The van der Waals surface area contributed by atoms with Gasteiger partial charge in [0.2, 0.25) is 5.91 Å². The smallest absolute Gasteiger partial charge is 0.307 e. The third-order valence-corrected chi connectivity index (χ3v) is 8.46. The third-order valence-electron chi connectivity index (χ3n) is 8.46. The SMILES string of the molecule is CCOC(=O)CC(C)N1CCC(C(=O)N2CCC3(CC2)CCN(C2=CC(C)CC=C2)C3)CC1. The van der Waals surface area contributed by atoms with Gasteiger partial charge in [-0.15, -0.1) is 0 Å². The van der Waals surface area contributed by atoms with Gasteiger partial charge >= 0.3 is 5.97 Å². The third kappa shape index (κ3) is 5.82. The van der Waals surface area contributed by atoms with Gasteiger partial charge in [0, 0.05) is 43.8 Å². The van der Waals surface area contributed by atoms with Crippen LogP contribution in [0.5, 0.6) is 0 Å². The zero-order chi connectivity index (χ0) is 23.4. The van der Waals surface area contributed by atoms with Crippen LogP contribution >= 0.6 is 0 Å². The van der Waals surface area contributed by atoms with E-state index in [1.165, 1.54) is 12.1 Å². The Kier molecular flexibility index (Phi) is 7.83. The lowest BCUT2D eigenvalue weighted by Gasteiger charge is -2.42. The molecule has 2 atom stereocenters. The molecule has 33 heavy (non-hydrogen) atoms. The van der Waals surface area contributed by atoms with Crippen molar-refractivity contribution in [2.45, 2.75) is 71.8 Å². The number of likely N-dealkylation sites (tertiary alicyclic amines) is 3. The van der Waals surface area contributed by atoms with Gasteiger partial charge in [-0.1, -0.05) is 19.1 Å². The highest BCUT2D eigenvalue weighted by atomic mass is 16.5. The Morgan fingerprint density at radius 3 is 2.48 bits per heavy atom. The summed E-state index contributed by atoms with van der Waals surface area (Å²) in [7, 11) is 0. The summed E-state index contributed by atoms with van der Waals surface area (Å²) in [5.41, 5.74) is 1.80. The number of nitrogens with zero attached hydrogens (tertiary/aromatic N) is 3. The molecule has 0 N–H and O–H groups in total. The number of esters is 1. The standard InChI is InChI=1S/C27H43N3O3/c1-4-33-25(31)19-22(3)28-13-8-23(9-14-28)26(32)29-15-10-27(11-16-29)12-17-30(20-27)24-7-5-6-21(2)18-24/h5,7,18,21-23H,4,6,8-17,19-20H2,1-3H3. The van der Waals surface area contributed by atoms with Crippen molar-refractivity contribution in [1.29, 1.82) is 0 Å². The Morgan fingerprint density at radius 2 is 1.82 bits per heavy atom. The molecule has 0 aromatic rings. The van der Waals surface area contributed by atoms with Crippen molar-refractivity contribution in [3.05, 3.63) is 23.9 Å². The lowest BCUT2D eigenvalue weighted by atomic mass is 9.77. The molecule has 4 rings (SSSR count). The summed E-state index contributed by atoms with van der Waals surface area (Å²) in [5, 5.41) is 0. The Hall–Kier alpha value is -1.82. The van der Waals surface area contributed by atoms with Gasteiger partial charge in [-0.3, -0.25) is 9.59 Å². The molecule has 0 aromatic heterocycles. The van der Waals surface area contributed by atoms with Crippen LogP contribution in [0.2, 0.25) is 0 Å². The van der Waals surface area contributed by atoms with Gasteiger partial charge in [0.1, 0.15) is 0 Å². The van der Waals surface area contributed by atoms with E-state index in [0.29, 0.717) is 30.3 Å². The minimum absolute atomic E-state index is 0.124. The molecule has 6 nitrogen and oxygen atoms in total. The maximum atomic E-state index is 13.2. The van der Waals surface area contributed by atoms with Crippen molar-refractivity contribution < 1.29 is 14.3 Å². The molecule has 3 saturated heterocycles. The van der Waals surface area contributed by atoms with Crippen LogP contribution in [0.4, 0.5) is 0 Å². The molecule has 0 saturated carbocycles. The Balaban J connectivity index is 1.22. The number of piperidine rings is 2. The Morgan fingerprint density at radius 1 is 1.12 bits per heavy atom. The van der Waals surface area contributed by atoms with Crippen molar-refractivity contribution in [1.82, 2.24) is 14.7 Å². The highest BCUT2D eigenvalue weighted by molar-refractivity contribution is 5.79. The first kappa shape index (κ1) is 24.3. The molecule has 3 heterocycles. The van der Waals surface area contributed by atoms with Crippen molar-refractivity contribution in [2.24, 2.45) is 17.3 Å². The van der Waals surface area contributed by atoms with Gasteiger partial charge in [-0.2, -0.15) is 0 Å². The van der Waals surface area contributed by atoms with E-state index in [9.17, 15) is 9.59 Å². The minimum Gasteiger partial charge on any atom is -0.466 e. The van der Waals surface area contributed by atoms with E-state index >= 15 is 0 Å². The summed E-state index contributed by atoms with van der Waals surface area (Å²) in [6.45, 7) is 12.6. The molecular weight excluding hydrogens is 414 g/mol. The molecule has 6 heteroatoms. The van der Waals surface area contributed by atoms with E-state index in [1.807, 2.05) is 6.92 Å². The maximum absolute atomic E-state index is 13.2. The van der Waals surface area contributed by atoms with Gasteiger partial charge in [0.15, 0.2) is 0 Å². The normalized spacial score (nSPS) is 27.0. The molecule has 1 aliphatic carbocycles. The number of rotatable bonds is 6. The summed E-state index contributed by atoms with van der Waals surface area (Å²) >= 11 is 0. The molecule has 0 bridgehead atoms. The van der Waals surface area contributed by atoms with Gasteiger partial charge < -0.3 is 19.4 Å². The van der Waals surface area contributed by atoms with Gasteiger partial charge in [0.25, 0.3) is 0 Å². The van der Waals surface area contributed by atoms with Crippen molar-refractivity contribution >= 4 is 11.9 Å². The first-order chi connectivity index (χ1) is 15.9. The molecule has 3 aliphatic heterocycles. The summed E-state index contributed by atoms with van der Waals surface area (Å²) in [4.78, 5) is 32.1. The Labute approximate surface area is 200 Å². The van der Waals surface area contributed by atoms with Crippen LogP contribution in [0.15, 0.2) is 23.9 Å². The van der Waals surface area contributed by atoms with Crippen LogP contribution in [-0.2, 0) is 14.3 Å². The zero-order valence-corrected chi connectivity index (χ0v) is 20.9. The second-order valence-corrected chi connectivity index (χ2v) is 10.9. The van der Waals surface area contributed by atoms with E-state index in [-0.39, 0.29) is 17.9 Å². The van der Waals surface area contributed by atoms with Crippen molar-refractivity contribution in [3.63, 3.8) is 0 Å².